The van der Waals surface area contributed by atoms with Crippen LogP contribution in [0.25, 0.3) is 10.9 Å². The van der Waals surface area contributed by atoms with E-state index < -0.39 is 11.6 Å². The first-order valence-electron chi connectivity index (χ1n) is 13.5. The molecule has 2 N–H and O–H groups in total. The Morgan fingerprint density at radius 3 is 2.67 bits per heavy atom. The summed E-state index contributed by atoms with van der Waals surface area (Å²) in [6.45, 7) is 7.01. The summed E-state index contributed by atoms with van der Waals surface area (Å²) in [5.41, 5.74) is 2.29. The number of hydrogen-bond donors (Lipinski definition) is 2. The summed E-state index contributed by atoms with van der Waals surface area (Å²) < 4.78 is 5.52. The number of nitrogens with zero attached hydrogens (tertiary/aromatic N) is 4. The van der Waals surface area contributed by atoms with Crippen LogP contribution in [0, 0.1) is 0 Å². The molecule has 0 saturated carbocycles. The number of aryl methyl sites for hydroxylation is 1. The molecule has 0 fully saturated rings. The summed E-state index contributed by atoms with van der Waals surface area (Å²) in [7, 11) is 2.04. The van der Waals surface area contributed by atoms with E-state index in [1.807, 2.05) is 7.05 Å². The number of nitrogens with one attached hydrogen (secondary N) is 2. The van der Waals surface area contributed by atoms with Crippen molar-refractivity contribution in [3.05, 3.63) is 74.2 Å². The standard InChI is InChI=1S/C30H31ClN6O4S/c1-30(2,3)41-29(40)19-6-5-17(8-10-26(38)34-25-14-18-7-9-20(31)15-23(18)35-36-25)22(13-19)32-27(39)28-33-21-11-12-37(4)16-24(21)42-28/h5-7,9,13-15H,8,10-12,16H2,1-4H3,(H,32,39)(H,34,36,38). The number of carbonyl (C=O) groups excluding carboxylic acids is 3. The minimum atomic E-state index is -0.678. The summed E-state index contributed by atoms with van der Waals surface area (Å²) in [6, 6.07) is 11.9. The Kier molecular flexibility index (Phi) is 8.53. The molecule has 0 spiro atoms. The average Bonchev–Trinajstić information content (AvgIpc) is 3.35. The zero-order valence-corrected chi connectivity index (χ0v) is 25.4. The molecule has 2 aromatic carbocycles. The van der Waals surface area contributed by atoms with Gasteiger partial charge in [-0.2, -0.15) is 0 Å². The zero-order valence-electron chi connectivity index (χ0n) is 23.8. The maximum Gasteiger partial charge on any atom is 0.338 e. The lowest BCUT2D eigenvalue weighted by atomic mass is 10.0. The van der Waals surface area contributed by atoms with Crippen molar-refractivity contribution in [2.24, 2.45) is 0 Å². The highest BCUT2D eigenvalue weighted by Crippen LogP contribution is 2.27. The van der Waals surface area contributed by atoms with Gasteiger partial charge in [-0.05, 0) is 70.1 Å². The molecule has 3 heterocycles. The summed E-state index contributed by atoms with van der Waals surface area (Å²) in [5, 5.41) is 15.6. The van der Waals surface area contributed by atoms with Gasteiger partial charge >= 0.3 is 5.97 Å². The van der Waals surface area contributed by atoms with Gasteiger partial charge in [0.2, 0.25) is 5.91 Å². The number of fused-ring (bicyclic) bond motifs is 2. The fourth-order valence-corrected chi connectivity index (χ4v) is 5.74. The maximum atomic E-state index is 13.3. The van der Waals surface area contributed by atoms with Crippen molar-refractivity contribution in [1.82, 2.24) is 20.1 Å². The first kappa shape index (κ1) is 29.6. The van der Waals surface area contributed by atoms with E-state index in [9.17, 15) is 14.4 Å². The molecule has 1 aliphatic rings. The largest absolute Gasteiger partial charge is 0.456 e. The number of likely N-dealkylation sites (N-methyl/N-ethyl adjacent to an activating group) is 1. The van der Waals surface area contributed by atoms with Crippen molar-refractivity contribution in [3.63, 3.8) is 0 Å². The monoisotopic (exact) mass is 606 g/mol. The minimum Gasteiger partial charge on any atom is -0.456 e. The summed E-state index contributed by atoms with van der Waals surface area (Å²) in [5.74, 6) is -0.827. The topological polar surface area (TPSA) is 126 Å². The van der Waals surface area contributed by atoms with Crippen LogP contribution in [0.2, 0.25) is 5.02 Å². The van der Waals surface area contributed by atoms with E-state index in [0.29, 0.717) is 44.6 Å². The molecule has 12 heteroatoms. The highest BCUT2D eigenvalue weighted by atomic mass is 35.5. The van der Waals surface area contributed by atoms with E-state index in [1.54, 1.807) is 63.2 Å². The third kappa shape index (κ3) is 7.28. The van der Waals surface area contributed by atoms with Crippen molar-refractivity contribution < 1.29 is 19.1 Å². The van der Waals surface area contributed by atoms with Crippen molar-refractivity contribution in [2.45, 2.75) is 52.2 Å². The molecule has 10 nitrogen and oxygen atoms in total. The molecule has 0 atom stereocenters. The average molecular weight is 607 g/mol. The highest BCUT2D eigenvalue weighted by Gasteiger charge is 2.23. The molecule has 0 saturated heterocycles. The van der Waals surface area contributed by atoms with Gasteiger partial charge in [0.25, 0.3) is 5.91 Å². The summed E-state index contributed by atoms with van der Waals surface area (Å²) in [4.78, 5) is 46.7. The van der Waals surface area contributed by atoms with Crippen LogP contribution >= 0.6 is 22.9 Å². The van der Waals surface area contributed by atoms with E-state index in [1.165, 1.54) is 11.3 Å². The third-order valence-corrected chi connectivity index (χ3v) is 7.86. The Morgan fingerprint density at radius 1 is 1.07 bits per heavy atom. The molecule has 5 rings (SSSR count). The molecule has 1 aliphatic heterocycles. The van der Waals surface area contributed by atoms with Gasteiger partial charge in [-0.3, -0.25) is 9.59 Å². The first-order valence-corrected chi connectivity index (χ1v) is 14.7. The number of esters is 1. The lowest BCUT2D eigenvalue weighted by molar-refractivity contribution is -0.116. The third-order valence-electron chi connectivity index (χ3n) is 6.55. The SMILES string of the molecule is CN1CCc2nc(C(=O)Nc3cc(C(=O)OC(C)(C)C)ccc3CCC(=O)Nc3cc4ccc(Cl)cc4nn3)sc2C1. The molecule has 218 valence electrons. The van der Waals surface area contributed by atoms with Gasteiger partial charge in [-0.1, -0.05) is 23.7 Å². The molecule has 2 amide bonds. The number of benzene rings is 2. The molecule has 0 aliphatic carbocycles. The molecular formula is C30H31ClN6O4S. The van der Waals surface area contributed by atoms with Crippen LogP contribution < -0.4 is 10.6 Å². The first-order chi connectivity index (χ1) is 19.9. The van der Waals surface area contributed by atoms with Crippen LogP contribution in [-0.4, -0.2) is 57.1 Å². The Bertz CT molecular complexity index is 1680. The fourth-order valence-electron chi connectivity index (χ4n) is 4.49. The number of thiazole rings is 1. The van der Waals surface area contributed by atoms with Crippen molar-refractivity contribution in [3.8, 4) is 0 Å². The Morgan fingerprint density at radius 2 is 1.88 bits per heavy atom. The second-order valence-corrected chi connectivity index (χ2v) is 12.7. The zero-order chi connectivity index (χ0) is 30.0. The molecule has 42 heavy (non-hydrogen) atoms. The Hall–Kier alpha value is -3.93. The van der Waals surface area contributed by atoms with Crippen LogP contribution in [0.3, 0.4) is 0 Å². The molecular weight excluding hydrogens is 576 g/mol. The molecule has 0 radical (unpaired) electrons. The quantitative estimate of drug-likeness (QED) is 0.264. The molecule has 0 unspecified atom stereocenters. The molecule has 0 bridgehead atoms. The van der Waals surface area contributed by atoms with E-state index >= 15 is 0 Å². The number of ether oxygens (including phenoxy) is 1. The number of anilines is 2. The normalized spacial score (nSPS) is 13.5. The summed E-state index contributed by atoms with van der Waals surface area (Å²) >= 11 is 7.38. The smallest absolute Gasteiger partial charge is 0.338 e. The second kappa shape index (κ2) is 12.1. The van der Waals surface area contributed by atoms with Crippen LogP contribution in [0.5, 0.6) is 0 Å². The highest BCUT2D eigenvalue weighted by molar-refractivity contribution is 7.13. The van der Waals surface area contributed by atoms with E-state index in [2.05, 4.69) is 30.7 Å². The second-order valence-electron chi connectivity index (χ2n) is 11.2. The Labute approximate surface area is 252 Å². The number of carbonyl (C=O) groups is 3. The van der Waals surface area contributed by atoms with Gasteiger partial charge in [0.05, 0.1) is 16.8 Å². The fraction of sp³-hybridized carbons (Fsp3) is 0.333. The molecule has 4 aromatic rings. The van der Waals surface area contributed by atoms with Gasteiger partial charge in [0.15, 0.2) is 10.8 Å². The van der Waals surface area contributed by atoms with Crippen molar-refractivity contribution >= 4 is 63.1 Å². The predicted molar refractivity (Wildman–Crippen MR) is 163 cm³/mol. The van der Waals surface area contributed by atoms with Crippen LogP contribution in [0.15, 0.2) is 42.5 Å². The van der Waals surface area contributed by atoms with E-state index in [-0.39, 0.29) is 18.2 Å². The van der Waals surface area contributed by atoms with Gasteiger partial charge in [0, 0.05) is 46.9 Å². The number of amides is 2. The number of halogens is 1. The predicted octanol–water partition coefficient (Wildman–Crippen LogP) is 5.51. The number of rotatable bonds is 7. The van der Waals surface area contributed by atoms with Crippen molar-refractivity contribution in [2.75, 3.05) is 24.2 Å². The number of hydrogen-bond acceptors (Lipinski definition) is 9. The minimum absolute atomic E-state index is 0.104. The van der Waals surface area contributed by atoms with Gasteiger partial charge in [-0.25, -0.2) is 9.78 Å². The van der Waals surface area contributed by atoms with Gasteiger partial charge in [-0.15, -0.1) is 21.5 Å². The van der Waals surface area contributed by atoms with Gasteiger partial charge in [0.1, 0.15) is 5.60 Å². The Balaban J connectivity index is 1.33. The maximum absolute atomic E-state index is 13.3. The van der Waals surface area contributed by atoms with Crippen molar-refractivity contribution in [1.29, 1.82) is 0 Å². The van der Waals surface area contributed by atoms with Gasteiger partial charge < -0.3 is 20.3 Å². The molecule has 2 aromatic heterocycles. The summed E-state index contributed by atoms with van der Waals surface area (Å²) in [6.07, 6.45) is 1.19. The lowest BCUT2D eigenvalue weighted by Crippen LogP contribution is -2.25. The van der Waals surface area contributed by atoms with E-state index in [4.69, 9.17) is 16.3 Å². The van der Waals surface area contributed by atoms with Crippen LogP contribution in [0.1, 0.15) is 63.5 Å². The van der Waals surface area contributed by atoms with Crippen LogP contribution in [0.4, 0.5) is 11.5 Å². The number of aromatic nitrogens is 3. The van der Waals surface area contributed by atoms with Crippen LogP contribution in [-0.2, 0) is 28.9 Å². The lowest BCUT2D eigenvalue weighted by Gasteiger charge is -2.20. The van der Waals surface area contributed by atoms with E-state index in [0.717, 1.165) is 35.5 Å².